The van der Waals surface area contributed by atoms with Crippen molar-refractivity contribution in [2.75, 3.05) is 5.32 Å². The molecule has 2 heterocycles. The number of benzene rings is 2. The first-order valence-electron chi connectivity index (χ1n) is 12.3. The van der Waals surface area contributed by atoms with E-state index in [-0.39, 0.29) is 12.0 Å². The number of pyridine rings is 1. The molecule has 2 aromatic carbocycles. The average molecular weight is 554 g/mol. The quantitative estimate of drug-likeness (QED) is 0.199. The number of carbonyl (C=O) groups excluding carboxylic acids is 2. The number of anilines is 1. The van der Waals surface area contributed by atoms with Gasteiger partial charge in [-0.2, -0.15) is 0 Å². The van der Waals surface area contributed by atoms with Crippen LogP contribution in [0.3, 0.4) is 0 Å². The van der Waals surface area contributed by atoms with Crippen LogP contribution in [-0.4, -0.2) is 23.0 Å². The number of hydrogen-bond acceptors (Lipinski definition) is 5. The lowest BCUT2D eigenvalue weighted by atomic mass is 10.0. The molecule has 8 heteroatoms. The molecule has 0 aliphatic heterocycles. The van der Waals surface area contributed by atoms with Gasteiger partial charge in [0.05, 0.1) is 33.5 Å². The minimum Gasteiger partial charge on any atom is -0.459 e. The van der Waals surface area contributed by atoms with Gasteiger partial charge in [0, 0.05) is 20.8 Å². The van der Waals surface area contributed by atoms with E-state index < -0.39 is 5.97 Å². The third-order valence-electron chi connectivity index (χ3n) is 6.36. The molecular weight excluding hydrogens is 527 g/mol. The number of nitrogens with zero attached hydrogens (tertiary/aromatic N) is 1. The van der Waals surface area contributed by atoms with Crippen LogP contribution in [0, 0.1) is 0 Å². The second kappa shape index (κ2) is 10.8. The first-order chi connectivity index (χ1) is 17.8. The maximum Gasteiger partial charge on any atom is 0.341 e. The molecule has 37 heavy (non-hydrogen) atoms. The Morgan fingerprint density at radius 1 is 1.03 bits per heavy atom. The topological polar surface area (TPSA) is 68.3 Å². The van der Waals surface area contributed by atoms with E-state index in [0.29, 0.717) is 48.3 Å². The molecule has 2 aromatic heterocycles. The average Bonchev–Trinajstić information content (AvgIpc) is 3.03. The lowest BCUT2D eigenvalue weighted by Gasteiger charge is -2.13. The van der Waals surface area contributed by atoms with Crippen molar-refractivity contribution in [3.63, 3.8) is 0 Å². The summed E-state index contributed by atoms with van der Waals surface area (Å²) in [6.07, 6.45) is 4.66. The summed E-state index contributed by atoms with van der Waals surface area (Å²) in [6, 6.07) is 14.4. The number of amides is 1. The van der Waals surface area contributed by atoms with Gasteiger partial charge in [-0.3, -0.25) is 4.79 Å². The summed E-state index contributed by atoms with van der Waals surface area (Å²) in [6.45, 7) is 3.65. The molecule has 0 atom stereocenters. The van der Waals surface area contributed by atoms with Crippen LogP contribution >= 0.6 is 34.5 Å². The van der Waals surface area contributed by atoms with Crippen molar-refractivity contribution >= 4 is 62.3 Å². The highest BCUT2D eigenvalue weighted by Gasteiger charge is 2.28. The van der Waals surface area contributed by atoms with E-state index in [1.165, 1.54) is 11.3 Å². The fraction of sp³-hybridized carbons (Fsp3) is 0.276. The van der Waals surface area contributed by atoms with Gasteiger partial charge < -0.3 is 10.1 Å². The Bertz CT molecular complexity index is 1510. The van der Waals surface area contributed by atoms with E-state index in [0.717, 1.165) is 42.5 Å². The first kappa shape index (κ1) is 25.7. The Hall–Kier alpha value is -2.93. The molecule has 0 saturated heterocycles. The summed E-state index contributed by atoms with van der Waals surface area (Å²) in [5, 5.41) is 5.26. The molecule has 190 valence electrons. The zero-order chi connectivity index (χ0) is 26.1. The second-order valence-corrected chi connectivity index (χ2v) is 11.3. The van der Waals surface area contributed by atoms with Gasteiger partial charge in [0.15, 0.2) is 0 Å². The van der Waals surface area contributed by atoms with Crippen LogP contribution in [0.2, 0.25) is 10.0 Å². The molecule has 0 radical (unpaired) electrons. The zero-order valence-corrected chi connectivity index (χ0v) is 22.9. The lowest BCUT2D eigenvalue weighted by molar-refractivity contribution is 0.0378. The molecule has 0 saturated carbocycles. The Kier molecular flexibility index (Phi) is 7.52. The van der Waals surface area contributed by atoms with Crippen molar-refractivity contribution in [1.29, 1.82) is 0 Å². The fourth-order valence-corrected chi connectivity index (χ4v) is 6.47. The molecule has 1 N–H and O–H groups in total. The van der Waals surface area contributed by atoms with Gasteiger partial charge in [-0.1, -0.05) is 47.8 Å². The van der Waals surface area contributed by atoms with Crippen molar-refractivity contribution in [2.24, 2.45) is 0 Å². The first-order valence-corrected chi connectivity index (χ1v) is 13.9. The van der Waals surface area contributed by atoms with Crippen molar-refractivity contribution < 1.29 is 14.3 Å². The van der Waals surface area contributed by atoms with Gasteiger partial charge in [0.25, 0.3) is 5.91 Å². The summed E-state index contributed by atoms with van der Waals surface area (Å²) in [4.78, 5) is 32.8. The van der Waals surface area contributed by atoms with E-state index in [1.54, 1.807) is 24.3 Å². The lowest BCUT2D eigenvalue weighted by Crippen LogP contribution is -2.18. The maximum absolute atomic E-state index is 13.8. The number of halogens is 2. The van der Waals surface area contributed by atoms with Gasteiger partial charge in [0.2, 0.25) is 0 Å². The van der Waals surface area contributed by atoms with Crippen molar-refractivity contribution in [2.45, 2.75) is 52.1 Å². The Labute approximate surface area is 229 Å². The van der Waals surface area contributed by atoms with Crippen LogP contribution in [0.15, 0.2) is 48.5 Å². The van der Waals surface area contributed by atoms with Crippen LogP contribution in [0.4, 0.5) is 5.00 Å². The third-order valence-corrected chi connectivity index (χ3v) is 8.12. The number of ether oxygens (including phenoxy) is 1. The molecule has 1 aliphatic rings. The number of carbonyl (C=O) groups is 2. The number of esters is 1. The molecule has 0 bridgehead atoms. The minimum atomic E-state index is -0.391. The largest absolute Gasteiger partial charge is 0.459 e. The number of aromatic nitrogens is 1. The number of rotatable bonds is 5. The normalized spacial score (nSPS) is 13.3. The van der Waals surface area contributed by atoms with E-state index in [2.05, 4.69) is 5.32 Å². The molecule has 0 unspecified atom stereocenters. The van der Waals surface area contributed by atoms with Crippen molar-refractivity contribution in [1.82, 2.24) is 4.98 Å². The van der Waals surface area contributed by atoms with Crippen molar-refractivity contribution in [3.8, 4) is 11.3 Å². The smallest absolute Gasteiger partial charge is 0.341 e. The van der Waals surface area contributed by atoms with Crippen LogP contribution < -0.4 is 5.32 Å². The summed E-state index contributed by atoms with van der Waals surface area (Å²) >= 11 is 14.0. The molecule has 5 rings (SSSR count). The summed E-state index contributed by atoms with van der Waals surface area (Å²) in [5.41, 5.74) is 3.85. The summed E-state index contributed by atoms with van der Waals surface area (Å²) < 4.78 is 5.58. The highest BCUT2D eigenvalue weighted by molar-refractivity contribution is 7.17. The Morgan fingerprint density at radius 3 is 2.59 bits per heavy atom. The SMILES string of the molecule is CC(C)OC(=O)c1c(NC(=O)c2cc(-c3ccc(Cl)cc3Cl)nc3ccccc23)sc2c1CCCCC2. The number of para-hydroxylation sites is 1. The van der Waals surface area contributed by atoms with Crippen LogP contribution in [0.5, 0.6) is 0 Å². The van der Waals surface area contributed by atoms with E-state index in [4.69, 9.17) is 32.9 Å². The Balaban J connectivity index is 1.59. The Morgan fingerprint density at radius 2 is 1.81 bits per heavy atom. The molecule has 5 nitrogen and oxygen atoms in total. The fourth-order valence-electron chi connectivity index (χ4n) is 4.69. The predicted molar refractivity (Wildman–Crippen MR) is 151 cm³/mol. The van der Waals surface area contributed by atoms with E-state index in [9.17, 15) is 9.59 Å². The molecule has 1 amide bonds. The van der Waals surface area contributed by atoms with Crippen LogP contribution in [0.1, 0.15) is 64.3 Å². The van der Waals surface area contributed by atoms with E-state index in [1.807, 2.05) is 38.1 Å². The highest BCUT2D eigenvalue weighted by Crippen LogP contribution is 2.39. The number of aryl methyl sites for hydroxylation is 1. The van der Waals surface area contributed by atoms with Crippen molar-refractivity contribution in [3.05, 3.63) is 80.1 Å². The number of nitrogens with one attached hydrogen (secondary N) is 1. The minimum absolute atomic E-state index is 0.256. The molecule has 0 spiro atoms. The van der Waals surface area contributed by atoms with Gasteiger partial charge >= 0.3 is 5.97 Å². The maximum atomic E-state index is 13.8. The van der Waals surface area contributed by atoms with Gasteiger partial charge in [-0.15, -0.1) is 11.3 Å². The molecule has 4 aromatic rings. The molecule has 0 fully saturated rings. The standard InChI is InChI=1S/C29H26Cl2N2O3S/c1-16(2)36-29(35)26-20-9-4-3-5-11-25(20)37-28(26)33-27(34)21-15-24(19-13-12-17(30)14-22(19)31)32-23-10-7-6-8-18(21)23/h6-8,10,12-16H,3-5,9,11H2,1-2H3,(H,33,34). The number of fused-ring (bicyclic) bond motifs is 2. The van der Waals surface area contributed by atoms with Gasteiger partial charge in [0.1, 0.15) is 5.00 Å². The monoisotopic (exact) mass is 552 g/mol. The third kappa shape index (κ3) is 5.37. The zero-order valence-electron chi connectivity index (χ0n) is 20.6. The summed E-state index contributed by atoms with van der Waals surface area (Å²) in [5.74, 6) is -0.710. The van der Waals surface area contributed by atoms with Gasteiger partial charge in [-0.25, -0.2) is 9.78 Å². The number of hydrogen-bond donors (Lipinski definition) is 1. The molecule has 1 aliphatic carbocycles. The summed E-state index contributed by atoms with van der Waals surface area (Å²) in [7, 11) is 0. The molecular formula is C29H26Cl2N2O3S. The van der Waals surface area contributed by atoms with Crippen LogP contribution in [-0.2, 0) is 17.6 Å². The predicted octanol–water partition coefficient (Wildman–Crippen LogP) is 8.36. The van der Waals surface area contributed by atoms with E-state index >= 15 is 0 Å². The number of thiophene rings is 1. The second-order valence-electron chi connectivity index (χ2n) is 9.37. The van der Waals surface area contributed by atoms with Gasteiger partial charge in [-0.05, 0) is 75.4 Å². The highest BCUT2D eigenvalue weighted by atomic mass is 35.5. The van der Waals surface area contributed by atoms with Crippen LogP contribution in [0.25, 0.3) is 22.2 Å².